The van der Waals surface area contributed by atoms with Crippen LogP contribution in [0.2, 0.25) is 0 Å². The highest BCUT2D eigenvalue weighted by atomic mass is 19.1. The number of aliphatic carboxylic acids is 1. The van der Waals surface area contributed by atoms with Gasteiger partial charge >= 0.3 is 5.97 Å². The van der Waals surface area contributed by atoms with Crippen LogP contribution >= 0.6 is 0 Å². The van der Waals surface area contributed by atoms with E-state index in [1.54, 1.807) is 36.4 Å². The molecule has 4 aromatic carbocycles. The first-order chi connectivity index (χ1) is 18.9. The Morgan fingerprint density at radius 1 is 0.821 bits per heavy atom. The van der Waals surface area contributed by atoms with Gasteiger partial charge in [-0.05, 0) is 124 Å². The molecular formula is C33H23F3O3. The van der Waals surface area contributed by atoms with E-state index in [0.717, 1.165) is 39.8 Å². The summed E-state index contributed by atoms with van der Waals surface area (Å²) in [5, 5.41) is 9.77. The number of fused-ring (bicyclic) bond motifs is 2. The normalized spacial score (nSPS) is 16.9. The fourth-order valence-electron chi connectivity index (χ4n) is 5.66. The Kier molecular flexibility index (Phi) is 6.31. The molecule has 0 aromatic heterocycles. The van der Waals surface area contributed by atoms with Crippen molar-refractivity contribution in [3.05, 3.63) is 136 Å². The van der Waals surface area contributed by atoms with Crippen molar-refractivity contribution in [2.75, 3.05) is 0 Å². The smallest absolute Gasteiger partial charge is 0.307 e. The standard InChI is InChI=1S/C33H23F3O3/c34-21-6-11-25(12-7-21)39-24-9-1-19(2-10-24)15-30-26-14-8-23(36)17-29(26)31(18-32(37)38)33(30)27-13-4-20-3-5-22(35)16-28(20)27/h1-3,5-12,14-17,27H,4,13,18H2,(H,37,38)/b30-15+. The number of halogens is 3. The lowest BCUT2D eigenvalue weighted by Gasteiger charge is -2.18. The summed E-state index contributed by atoms with van der Waals surface area (Å²) in [6, 6.07) is 22.2. The number of rotatable bonds is 6. The molecule has 2 aliphatic carbocycles. The average Bonchev–Trinajstić information content (AvgIpc) is 3.44. The Labute approximate surface area is 223 Å². The fourth-order valence-corrected chi connectivity index (χ4v) is 5.66. The van der Waals surface area contributed by atoms with E-state index in [1.165, 1.54) is 36.4 Å². The summed E-state index contributed by atoms with van der Waals surface area (Å²) in [7, 11) is 0. The SMILES string of the molecule is O=C(O)CC1=C(C2CCc3ccc(F)cc32)/C(=C/c2ccc(Oc3ccc(F)cc3)cc2)c2ccc(F)cc21. The first kappa shape index (κ1) is 24.7. The minimum absolute atomic E-state index is 0.215. The molecule has 0 heterocycles. The summed E-state index contributed by atoms with van der Waals surface area (Å²) in [4.78, 5) is 11.9. The number of hydrogen-bond donors (Lipinski definition) is 1. The van der Waals surface area contributed by atoms with Gasteiger partial charge in [0.25, 0.3) is 0 Å². The number of carboxylic acid groups (broad SMARTS) is 1. The average molecular weight is 525 g/mol. The lowest BCUT2D eigenvalue weighted by Crippen LogP contribution is -2.03. The van der Waals surface area contributed by atoms with Crippen molar-refractivity contribution in [3.63, 3.8) is 0 Å². The quantitative estimate of drug-likeness (QED) is 0.275. The lowest BCUT2D eigenvalue weighted by atomic mass is 9.85. The maximum absolute atomic E-state index is 14.4. The van der Waals surface area contributed by atoms with E-state index in [2.05, 4.69) is 0 Å². The summed E-state index contributed by atoms with van der Waals surface area (Å²) >= 11 is 0. The van der Waals surface area contributed by atoms with Crippen molar-refractivity contribution >= 4 is 23.2 Å². The molecule has 39 heavy (non-hydrogen) atoms. The molecule has 0 amide bonds. The second kappa shape index (κ2) is 9.95. The number of allylic oxidation sites excluding steroid dienone is 2. The van der Waals surface area contributed by atoms with E-state index >= 15 is 0 Å². The van der Waals surface area contributed by atoms with Crippen LogP contribution in [0.3, 0.4) is 0 Å². The van der Waals surface area contributed by atoms with Gasteiger partial charge in [0, 0.05) is 5.92 Å². The van der Waals surface area contributed by atoms with Gasteiger partial charge in [0.05, 0.1) is 6.42 Å². The monoisotopic (exact) mass is 524 g/mol. The summed E-state index contributed by atoms with van der Waals surface area (Å²) < 4.78 is 47.7. The molecule has 0 saturated carbocycles. The Morgan fingerprint density at radius 2 is 1.46 bits per heavy atom. The largest absolute Gasteiger partial charge is 0.481 e. The van der Waals surface area contributed by atoms with Crippen LogP contribution in [0.1, 0.15) is 46.6 Å². The number of carboxylic acids is 1. The van der Waals surface area contributed by atoms with Crippen molar-refractivity contribution < 1.29 is 27.8 Å². The first-order valence-electron chi connectivity index (χ1n) is 12.6. The number of aryl methyl sites for hydroxylation is 1. The molecule has 0 aliphatic heterocycles. The fraction of sp³-hybridized carbons (Fsp3) is 0.121. The Bertz CT molecular complexity index is 1650. The van der Waals surface area contributed by atoms with Gasteiger partial charge in [0.15, 0.2) is 0 Å². The topological polar surface area (TPSA) is 46.5 Å². The number of hydrogen-bond acceptors (Lipinski definition) is 2. The van der Waals surface area contributed by atoms with Crippen molar-refractivity contribution in [2.45, 2.75) is 25.2 Å². The predicted octanol–water partition coefficient (Wildman–Crippen LogP) is 8.41. The minimum atomic E-state index is -1.02. The van der Waals surface area contributed by atoms with E-state index in [-0.39, 0.29) is 24.0 Å². The molecule has 0 fully saturated rings. The van der Waals surface area contributed by atoms with E-state index in [9.17, 15) is 23.1 Å². The van der Waals surface area contributed by atoms with Crippen molar-refractivity contribution in [3.8, 4) is 11.5 Å². The van der Waals surface area contributed by atoms with Crippen LogP contribution in [0, 0.1) is 17.5 Å². The highest BCUT2D eigenvalue weighted by Gasteiger charge is 2.36. The molecule has 194 valence electrons. The predicted molar refractivity (Wildman–Crippen MR) is 144 cm³/mol. The van der Waals surface area contributed by atoms with Crippen LogP contribution in [0.25, 0.3) is 17.2 Å². The molecule has 2 aliphatic rings. The zero-order chi connectivity index (χ0) is 27.1. The van der Waals surface area contributed by atoms with Gasteiger partial charge < -0.3 is 9.84 Å². The van der Waals surface area contributed by atoms with Gasteiger partial charge in [0.2, 0.25) is 0 Å². The third-order valence-electron chi connectivity index (χ3n) is 7.31. The molecule has 6 rings (SSSR count). The molecule has 4 aromatic rings. The minimum Gasteiger partial charge on any atom is -0.481 e. The zero-order valence-electron chi connectivity index (χ0n) is 20.8. The molecule has 3 nitrogen and oxygen atoms in total. The van der Waals surface area contributed by atoms with Crippen LogP contribution < -0.4 is 4.74 Å². The molecular weight excluding hydrogens is 501 g/mol. The molecule has 0 spiro atoms. The number of benzene rings is 4. The highest BCUT2D eigenvalue weighted by molar-refractivity contribution is 6.09. The molecule has 1 unspecified atom stereocenters. The van der Waals surface area contributed by atoms with Crippen molar-refractivity contribution in [1.82, 2.24) is 0 Å². The van der Waals surface area contributed by atoms with Crippen molar-refractivity contribution in [2.24, 2.45) is 0 Å². The molecule has 0 bridgehead atoms. The van der Waals surface area contributed by atoms with Crippen LogP contribution in [0.5, 0.6) is 11.5 Å². The lowest BCUT2D eigenvalue weighted by molar-refractivity contribution is -0.135. The third kappa shape index (κ3) is 4.86. The summed E-state index contributed by atoms with van der Waals surface area (Å²) in [5.74, 6) is -1.29. The molecule has 0 radical (unpaired) electrons. The van der Waals surface area contributed by atoms with Gasteiger partial charge in [-0.2, -0.15) is 0 Å². The van der Waals surface area contributed by atoms with Gasteiger partial charge in [-0.15, -0.1) is 0 Å². The van der Waals surface area contributed by atoms with Crippen molar-refractivity contribution in [1.29, 1.82) is 0 Å². The molecule has 1 atom stereocenters. The van der Waals surface area contributed by atoms with Crippen LogP contribution in [-0.4, -0.2) is 11.1 Å². The van der Waals surface area contributed by atoms with Crippen LogP contribution in [0.4, 0.5) is 13.2 Å². The second-order valence-electron chi connectivity index (χ2n) is 9.77. The number of carbonyl (C=O) groups is 1. The summed E-state index contributed by atoms with van der Waals surface area (Å²) in [5.41, 5.74) is 6.17. The zero-order valence-corrected chi connectivity index (χ0v) is 20.8. The Hall–Kier alpha value is -4.58. The van der Waals surface area contributed by atoms with E-state index in [0.29, 0.717) is 29.1 Å². The van der Waals surface area contributed by atoms with Gasteiger partial charge in [-0.1, -0.05) is 24.3 Å². The Balaban J connectivity index is 1.44. The van der Waals surface area contributed by atoms with Crippen LogP contribution in [-0.2, 0) is 11.2 Å². The van der Waals surface area contributed by atoms with E-state index in [1.807, 2.05) is 18.2 Å². The number of ether oxygens (including phenoxy) is 1. The van der Waals surface area contributed by atoms with Gasteiger partial charge in [-0.25, -0.2) is 13.2 Å². The maximum atomic E-state index is 14.4. The summed E-state index contributed by atoms with van der Waals surface area (Å²) in [6.45, 7) is 0. The van der Waals surface area contributed by atoms with E-state index in [4.69, 9.17) is 4.74 Å². The van der Waals surface area contributed by atoms with Gasteiger partial charge in [-0.3, -0.25) is 4.79 Å². The molecule has 0 saturated heterocycles. The third-order valence-corrected chi connectivity index (χ3v) is 7.31. The second-order valence-corrected chi connectivity index (χ2v) is 9.77. The van der Waals surface area contributed by atoms with Gasteiger partial charge in [0.1, 0.15) is 29.0 Å². The highest BCUT2D eigenvalue weighted by Crippen LogP contribution is 2.53. The molecule has 6 heteroatoms. The summed E-state index contributed by atoms with van der Waals surface area (Å²) in [6.07, 6.45) is 3.14. The Morgan fingerprint density at radius 3 is 2.18 bits per heavy atom. The first-order valence-corrected chi connectivity index (χ1v) is 12.6. The van der Waals surface area contributed by atoms with E-state index < -0.39 is 11.8 Å². The maximum Gasteiger partial charge on any atom is 0.307 e. The molecule has 1 N–H and O–H groups in total. The van der Waals surface area contributed by atoms with Crippen LogP contribution in [0.15, 0.2) is 90.5 Å².